The molecule has 0 aromatic carbocycles. The summed E-state index contributed by atoms with van der Waals surface area (Å²) in [6, 6.07) is -1.02. The van der Waals surface area contributed by atoms with Crippen LogP contribution in [0, 0.1) is 5.92 Å². The second kappa shape index (κ2) is 9.40. The first kappa shape index (κ1) is 20.1. The van der Waals surface area contributed by atoms with E-state index in [4.69, 9.17) is 14.6 Å². The van der Waals surface area contributed by atoms with Crippen LogP contribution in [0.5, 0.6) is 11.8 Å². The number of rotatable bonds is 9. The van der Waals surface area contributed by atoms with E-state index in [9.17, 15) is 14.4 Å². The SMILES string of the molecule is COc1ncnc(OC)c1C(=O)NCC(=O)N[C@@H](CC(C)C)C(=O)O. The van der Waals surface area contributed by atoms with Gasteiger partial charge in [0.15, 0.2) is 5.56 Å². The summed E-state index contributed by atoms with van der Waals surface area (Å²) < 4.78 is 9.97. The Morgan fingerprint density at radius 1 is 1.16 bits per heavy atom. The molecule has 0 saturated heterocycles. The van der Waals surface area contributed by atoms with Crippen LogP contribution in [0.15, 0.2) is 6.33 Å². The predicted octanol–water partition coefficient (Wildman–Crippen LogP) is -0.161. The number of nitrogens with one attached hydrogen (secondary N) is 2. The minimum absolute atomic E-state index is 0.00650. The zero-order chi connectivity index (χ0) is 19.0. The molecule has 0 unspecified atom stereocenters. The molecule has 1 aromatic heterocycles. The van der Waals surface area contributed by atoms with E-state index in [1.165, 1.54) is 20.5 Å². The number of hydrogen-bond acceptors (Lipinski definition) is 7. The number of carbonyl (C=O) groups excluding carboxylic acids is 2. The van der Waals surface area contributed by atoms with Crippen molar-refractivity contribution in [2.45, 2.75) is 26.3 Å². The van der Waals surface area contributed by atoms with Gasteiger partial charge in [0, 0.05) is 0 Å². The van der Waals surface area contributed by atoms with Crippen LogP contribution in [0.4, 0.5) is 0 Å². The number of amides is 2. The van der Waals surface area contributed by atoms with Gasteiger partial charge in [-0.1, -0.05) is 13.8 Å². The smallest absolute Gasteiger partial charge is 0.326 e. The van der Waals surface area contributed by atoms with Crippen molar-refractivity contribution in [2.24, 2.45) is 5.92 Å². The number of carboxylic acids is 1. The van der Waals surface area contributed by atoms with Gasteiger partial charge in [0.25, 0.3) is 5.91 Å². The molecule has 10 nitrogen and oxygen atoms in total. The second-order valence-corrected chi connectivity index (χ2v) is 5.54. The number of ether oxygens (including phenoxy) is 2. The summed E-state index contributed by atoms with van der Waals surface area (Å²) in [5.41, 5.74) is -0.0581. The van der Waals surface area contributed by atoms with Gasteiger partial charge in [-0.15, -0.1) is 0 Å². The minimum atomic E-state index is -1.13. The van der Waals surface area contributed by atoms with Gasteiger partial charge in [-0.05, 0) is 12.3 Å². The van der Waals surface area contributed by atoms with Crippen LogP contribution >= 0.6 is 0 Å². The van der Waals surface area contributed by atoms with E-state index < -0.39 is 30.4 Å². The van der Waals surface area contributed by atoms with Gasteiger partial charge in [0.05, 0.1) is 20.8 Å². The number of carboxylic acid groups (broad SMARTS) is 1. The summed E-state index contributed by atoms with van der Waals surface area (Å²) in [7, 11) is 2.66. The number of aromatic nitrogens is 2. The maximum absolute atomic E-state index is 12.3. The molecule has 1 rings (SSSR count). The fourth-order valence-electron chi connectivity index (χ4n) is 2.05. The summed E-state index contributed by atoms with van der Waals surface area (Å²) in [4.78, 5) is 42.9. The van der Waals surface area contributed by atoms with Crippen molar-refractivity contribution in [3.05, 3.63) is 11.9 Å². The molecule has 0 saturated carbocycles. The molecule has 0 spiro atoms. The molecule has 0 aliphatic heterocycles. The van der Waals surface area contributed by atoms with E-state index in [-0.39, 0.29) is 29.7 Å². The molecular weight excluding hydrogens is 332 g/mol. The normalized spacial score (nSPS) is 11.6. The first-order valence-corrected chi connectivity index (χ1v) is 7.53. The Labute approximate surface area is 144 Å². The lowest BCUT2D eigenvalue weighted by molar-refractivity contribution is -0.142. The van der Waals surface area contributed by atoms with Crippen LogP contribution in [0.25, 0.3) is 0 Å². The monoisotopic (exact) mass is 354 g/mol. The third-order valence-electron chi connectivity index (χ3n) is 3.14. The Morgan fingerprint density at radius 2 is 1.72 bits per heavy atom. The molecule has 25 heavy (non-hydrogen) atoms. The molecule has 2 amide bonds. The van der Waals surface area contributed by atoms with E-state index in [0.29, 0.717) is 0 Å². The summed E-state index contributed by atoms with van der Waals surface area (Å²) in [5.74, 6) is -2.36. The van der Waals surface area contributed by atoms with Crippen molar-refractivity contribution < 1.29 is 29.0 Å². The lowest BCUT2D eigenvalue weighted by Crippen LogP contribution is -2.46. The average molecular weight is 354 g/mol. The Morgan fingerprint density at radius 3 is 2.16 bits per heavy atom. The Kier molecular flexibility index (Phi) is 7.57. The Hall–Kier alpha value is -2.91. The van der Waals surface area contributed by atoms with Crippen molar-refractivity contribution in [2.75, 3.05) is 20.8 Å². The highest BCUT2D eigenvalue weighted by Crippen LogP contribution is 2.22. The number of hydrogen-bond donors (Lipinski definition) is 3. The highest BCUT2D eigenvalue weighted by atomic mass is 16.5. The van der Waals surface area contributed by atoms with Crippen LogP contribution in [0.2, 0.25) is 0 Å². The summed E-state index contributed by atoms with van der Waals surface area (Å²) in [6.45, 7) is 3.28. The first-order valence-electron chi connectivity index (χ1n) is 7.53. The zero-order valence-corrected chi connectivity index (χ0v) is 14.5. The number of nitrogens with zero attached hydrogens (tertiary/aromatic N) is 2. The molecule has 3 N–H and O–H groups in total. The third-order valence-corrected chi connectivity index (χ3v) is 3.14. The molecule has 0 aliphatic carbocycles. The van der Waals surface area contributed by atoms with Crippen LogP contribution in [-0.2, 0) is 9.59 Å². The lowest BCUT2D eigenvalue weighted by Gasteiger charge is -2.17. The highest BCUT2D eigenvalue weighted by Gasteiger charge is 2.24. The van der Waals surface area contributed by atoms with Crippen LogP contribution in [0.1, 0.15) is 30.6 Å². The van der Waals surface area contributed by atoms with E-state index in [2.05, 4.69) is 20.6 Å². The van der Waals surface area contributed by atoms with Crippen molar-refractivity contribution in [3.63, 3.8) is 0 Å². The average Bonchev–Trinajstić information content (AvgIpc) is 2.57. The maximum Gasteiger partial charge on any atom is 0.326 e. The molecule has 0 fully saturated rings. The van der Waals surface area contributed by atoms with Gasteiger partial charge in [0.2, 0.25) is 17.7 Å². The van der Waals surface area contributed by atoms with Gasteiger partial charge >= 0.3 is 5.97 Å². The van der Waals surface area contributed by atoms with Crippen molar-refractivity contribution >= 4 is 17.8 Å². The van der Waals surface area contributed by atoms with Crippen LogP contribution in [0.3, 0.4) is 0 Å². The highest BCUT2D eigenvalue weighted by molar-refractivity contribution is 6.00. The molecule has 0 bridgehead atoms. The molecule has 138 valence electrons. The van der Waals surface area contributed by atoms with E-state index >= 15 is 0 Å². The van der Waals surface area contributed by atoms with Crippen LogP contribution < -0.4 is 20.1 Å². The second-order valence-electron chi connectivity index (χ2n) is 5.54. The first-order chi connectivity index (χ1) is 11.8. The Bertz CT molecular complexity index is 612. The van der Waals surface area contributed by atoms with Crippen molar-refractivity contribution in [3.8, 4) is 11.8 Å². The minimum Gasteiger partial charge on any atom is -0.480 e. The fourth-order valence-corrected chi connectivity index (χ4v) is 2.05. The maximum atomic E-state index is 12.3. The standard InChI is InChI=1S/C15H22N4O6/c1-8(2)5-9(15(22)23)19-10(20)6-16-12(21)11-13(24-3)17-7-18-14(11)25-4/h7-9H,5-6H2,1-4H3,(H,16,21)(H,19,20)(H,22,23)/t9-/m0/s1. The summed E-state index contributed by atoms with van der Waals surface area (Å²) in [5, 5.41) is 13.8. The Balaban J connectivity index is 2.73. The van der Waals surface area contributed by atoms with Gasteiger partial charge in [-0.3, -0.25) is 9.59 Å². The van der Waals surface area contributed by atoms with Crippen molar-refractivity contribution in [1.29, 1.82) is 0 Å². The number of methoxy groups -OCH3 is 2. The van der Waals surface area contributed by atoms with Crippen molar-refractivity contribution in [1.82, 2.24) is 20.6 Å². The van der Waals surface area contributed by atoms with Gasteiger partial charge in [0.1, 0.15) is 12.4 Å². The zero-order valence-electron chi connectivity index (χ0n) is 14.5. The predicted molar refractivity (Wildman–Crippen MR) is 86.5 cm³/mol. The quantitative estimate of drug-likeness (QED) is 0.556. The molecule has 1 heterocycles. The molecule has 1 aromatic rings. The summed E-state index contributed by atoms with van der Waals surface area (Å²) >= 11 is 0. The van der Waals surface area contributed by atoms with E-state index in [1.54, 1.807) is 0 Å². The van der Waals surface area contributed by atoms with Gasteiger partial charge in [-0.2, -0.15) is 0 Å². The van der Waals surface area contributed by atoms with Crippen LogP contribution in [-0.4, -0.2) is 59.7 Å². The molecule has 1 atom stereocenters. The van der Waals surface area contributed by atoms with Gasteiger partial charge < -0.3 is 25.2 Å². The van der Waals surface area contributed by atoms with E-state index in [1.807, 2.05) is 13.8 Å². The molecule has 10 heteroatoms. The number of aliphatic carboxylic acids is 1. The summed E-state index contributed by atoms with van der Waals surface area (Å²) in [6.07, 6.45) is 1.45. The molecule has 0 radical (unpaired) electrons. The molecular formula is C15H22N4O6. The third kappa shape index (κ3) is 5.90. The largest absolute Gasteiger partial charge is 0.480 e. The molecule has 0 aliphatic rings. The van der Waals surface area contributed by atoms with E-state index in [0.717, 1.165) is 0 Å². The fraction of sp³-hybridized carbons (Fsp3) is 0.533. The topological polar surface area (TPSA) is 140 Å². The number of carbonyl (C=O) groups is 3. The van der Waals surface area contributed by atoms with Gasteiger partial charge in [-0.25, -0.2) is 14.8 Å². The lowest BCUT2D eigenvalue weighted by atomic mass is 10.0.